The van der Waals surface area contributed by atoms with Gasteiger partial charge in [0.05, 0.1) is 12.7 Å². The van der Waals surface area contributed by atoms with Crippen molar-refractivity contribution >= 4 is 5.91 Å². The minimum Gasteiger partial charge on any atom is -0.497 e. The first kappa shape index (κ1) is 22.4. The molecule has 6 heteroatoms. The molecule has 31 heavy (non-hydrogen) atoms. The molecule has 2 heterocycles. The molecule has 2 saturated heterocycles. The molecule has 1 atom stereocenters. The predicted molar refractivity (Wildman–Crippen MR) is 123 cm³/mol. The summed E-state index contributed by atoms with van der Waals surface area (Å²) >= 11 is 0. The van der Waals surface area contributed by atoms with Crippen LogP contribution in [0.5, 0.6) is 11.5 Å². The van der Waals surface area contributed by atoms with Crippen molar-refractivity contribution in [1.82, 2.24) is 15.1 Å². The number of carbonyl (C=O) groups excluding carboxylic acids is 1. The van der Waals surface area contributed by atoms with Gasteiger partial charge in [-0.05, 0) is 70.3 Å². The fraction of sp³-hybridized carbons (Fsp3) is 0.720. The van der Waals surface area contributed by atoms with Crippen molar-refractivity contribution in [3.8, 4) is 11.5 Å². The average Bonchev–Trinajstić information content (AvgIpc) is 3.34. The summed E-state index contributed by atoms with van der Waals surface area (Å²) in [7, 11) is 3.78. The standard InChI is InChI=1S/C25H39N3O3/c1-27-14-6-5-9-20(27)18-26-25(29)23-17-22(30-2)10-11-24(23)31-21-12-15-28(16-13-21)19-7-3-4-8-19/h10-11,17,19-21H,3-9,12-16,18H2,1-2H3,(H,26,29)/t20-/m0/s1. The molecule has 0 unspecified atom stereocenters. The molecule has 6 nitrogen and oxygen atoms in total. The summed E-state index contributed by atoms with van der Waals surface area (Å²) < 4.78 is 11.8. The molecule has 2 aliphatic heterocycles. The van der Waals surface area contributed by atoms with E-state index in [2.05, 4.69) is 22.2 Å². The van der Waals surface area contributed by atoms with E-state index in [0.717, 1.165) is 44.9 Å². The lowest BCUT2D eigenvalue weighted by Gasteiger charge is -2.36. The van der Waals surface area contributed by atoms with Gasteiger partial charge < -0.3 is 24.6 Å². The Morgan fingerprint density at radius 3 is 2.48 bits per heavy atom. The number of rotatable bonds is 7. The van der Waals surface area contributed by atoms with E-state index in [1.165, 1.54) is 38.5 Å². The Morgan fingerprint density at radius 1 is 1.03 bits per heavy atom. The van der Waals surface area contributed by atoms with Crippen LogP contribution in [0, 0.1) is 0 Å². The monoisotopic (exact) mass is 429 g/mol. The summed E-state index contributed by atoms with van der Waals surface area (Å²) in [5.41, 5.74) is 0.580. The number of nitrogens with zero attached hydrogens (tertiary/aromatic N) is 2. The van der Waals surface area contributed by atoms with Crippen LogP contribution in [0.2, 0.25) is 0 Å². The van der Waals surface area contributed by atoms with Crippen LogP contribution in [-0.2, 0) is 0 Å². The number of likely N-dealkylation sites (N-methyl/N-ethyl adjacent to an activating group) is 1. The maximum Gasteiger partial charge on any atom is 0.255 e. The molecule has 3 aliphatic rings. The molecule has 0 bridgehead atoms. The Bertz CT molecular complexity index is 727. The lowest BCUT2D eigenvalue weighted by molar-refractivity contribution is 0.0747. The fourth-order valence-corrected chi connectivity index (χ4v) is 5.43. The molecule has 1 aliphatic carbocycles. The normalized spacial score (nSPS) is 24.3. The first-order chi connectivity index (χ1) is 15.1. The zero-order valence-corrected chi connectivity index (χ0v) is 19.3. The van der Waals surface area contributed by atoms with Crippen LogP contribution < -0.4 is 14.8 Å². The van der Waals surface area contributed by atoms with E-state index in [1.807, 2.05) is 18.2 Å². The van der Waals surface area contributed by atoms with Crippen LogP contribution in [0.15, 0.2) is 18.2 Å². The highest BCUT2D eigenvalue weighted by Gasteiger charge is 2.29. The first-order valence-corrected chi connectivity index (χ1v) is 12.2. The van der Waals surface area contributed by atoms with Gasteiger partial charge in [-0.1, -0.05) is 19.3 Å². The lowest BCUT2D eigenvalue weighted by atomic mass is 10.0. The van der Waals surface area contributed by atoms with Gasteiger partial charge in [0.2, 0.25) is 0 Å². The van der Waals surface area contributed by atoms with E-state index in [9.17, 15) is 4.79 Å². The summed E-state index contributed by atoms with van der Waals surface area (Å²) in [5.74, 6) is 1.29. The van der Waals surface area contributed by atoms with Gasteiger partial charge in [0.25, 0.3) is 5.91 Å². The third-order valence-corrected chi connectivity index (χ3v) is 7.46. The summed E-state index contributed by atoms with van der Waals surface area (Å²) in [4.78, 5) is 18.1. The average molecular weight is 430 g/mol. The number of benzene rings is 1. The van der Waals surface area contributed by atoms with E-state index in [1.54, 1.807) is 7.11 Å². The van der Waals surface area contributed by atoms with Crippen LogP contribution in [0.4, 0.5) is 0 Å². The highest BCUT2D eigenvalue weighted by molar-refractivity contribution is 5.97. The van der Waals surface area contributed by atoms with Crippen LogP contribution in [0.1, 0.15) is 68.1 Å². The number of carbonyl (C=O) groups is 1. The van der Waals surface area contributed by atoms with Crippen molar-refractivity contribution in [3.05, 3.63) is 23.8 Å². The number of likely N-dealkylation sites (tertiary alicyclic amines) is 2. The maximum atomic E-state index is 13.1. The van der Waals surface area contributed by atoms with Gasteiger partial charge in [-0.2, -0.15) is 0 Å². The zero-order chi connectivity index (χ0) is 21.6. The summed E-state index contributed by atoms with van der Waals surface area (Å²) in [6.07, 6.45) is 11.3. The molecular formula is C25H39N3O3. The van der Waals surface area contributed by atoms with Crippen molar-refractivity contribution in [2.75, 3.05) is 40.3 Å². The fourth-order valence-electron chi connectivity index (χ4n) is 5.43. The second kappa shape index (κ2) is 10.7. The molecule has 172 valence electrons. The highest BCUT2D eigenvalue weighted by atomic mass is 16.5. The molecule has 1 saturated carbocycles. The Morgan fingerprint density at radius 2 is 1.77 bits per heavy atom. The molecule has 1 N–H and O–H groups in total. The van der Waals surface area contributed by atoms with Gasteiger partial charge in [0.15, 0.2) is 0 Å². The van der Waals surface area contributed by atoms with Crippen molar-refractivity contribution in [2.24, 2.45) is 0 Å². The van der Waals surface area contributed by atoms with Crippen LogP contribution in [0.25, 0.3) is 0 Å². The number of amides is 1. The molecular weight excluding hydrogens is 390 g/mol. The number of hydrogen-bond acceptors (Lipinski definition) is 5. The molecule has 0 spiro atoms. The van der Waals surface area contributed by atoms with Gasteiger partial charge in [0.1, 0.15) is 17.6 Å². The second-order valence-corrected chi connectivity index (χ2v) is 9.49. The van der Waals surface area contributed by atoms with Gasteiger partial charge in [-0.15, -0.1) is 0 Å². The molecule has 3 fully saturated rings. The van der Waals surface area contributed by atoms with E-state index >= 15 is 0 Å². The first-order valence-electron chi connectivity index (χ1n) is 12.2. The third-order valence-electron chi connectivity index (χ3n) is 7.46. The van der Waals surface area contributed by atoms with E-state index < -0.39 is 0 Å². The van der Waals surface area contributed by atoms with Gasteiger partial charge in [-0.3, -0.25) is 4.79 Å². The van der Waals surface area contributed by atoms with E-state index in [-0.39, 0.29) is 12.0 Å². The van der Waals surface area contributed by atoms with Crippen molar-refractivity contribution < 1.29 is 14.3 Å². The number of methoxy groups -OCH3 is 1. The maximum absolute atomic E-state index is 13.1. The molecule has 1 aromatic carbocycles. The SMILES string of the molecule is COc1ccc(OC2CCN(C3CCCC3)CC2)c(C(=O)NC[C@@H]2CCCCN2C)c1. The predicted octanol–water partition coefficient (Wildman–Crippen LogP) is 3.70. The highest BCUT2D eigenvalue weighted by Crippen LogP contribution is 2.30. The summed E-state index contributed by atoms with van der Waals surface area (Å²) in [5, 5.41) is 3.15. The minimum atomic E-state index is -0.0729. The Hall–Kier alpha value is -1.79. The van der Waals surface area contributed by atoms with E-state index in [4.69, 9.17) is 9.47 Å². The molecule has 0 radical (unpaired) electrons. The number of piperidine rings is 2. The minimum absolute atomic E-state index is 0.0729. The smallest absolute Gasteiger partial charge is 0.255 e. The van der Waals surface area contributed by atoms with Crippen LogP contribution in [-0.4, -0.2) is 74.2 Å². The van der Waals surface area contributed by atoms with Crippen LogP contribution >= 0.6 is 0 Å². The Labute approximate surface area is 187 Å². The molecule has 4 rings (SSSR count). The quantitative estimate of drug-likeness (QED) is 0.716. The van der Waals surface area contributed by atoms with E-state index in [0.29, 0.717) is 29.6 Å². The van der Waals surface area contributed by atoms with Gasteiger partial charge in [-0.25, -0.2) is 0 Å². The molecule has 1 aromatic rings. The number of ether oxygens (including phenoxy) is 2. The molecule has 1 amide bonds. The van der Waals surface area contributed by atoms with Crippen LogP contribution in [0.3, 0.4) is 0 Å². The number of nitrogens with one attached hydrogen (secondary N) is 1. The Kier molecular flexibility index (Phi) is 7.72. The lowest BCUT2D eigenvalue weighted by Crippen LogP contribution is -2.44. The summed E-state index contributed by atoms with van der Waals surface area (Å²) in [6, 6.07) is 6.77. The summed E-state index contributed by atoms with van der Waals surface area (Å²) in [6.45, 7) is 3.97. The van der Waals surface area contributed by atoms with Crippen molar-refractivity contribution in [2.45, 2.75) is 76.0 Å². The zero-order valence-electron chi connectivity index (χ0n) is 19.3. The largest absolute Gasteiger partial charge is 0.497 e. The van der Waals surface area contributed by atoms with Gasteiger partial charge >= 0.3 is 0 Å². The van der Waals surface area contributed by atoms with Crippen molar-refractivity contribution in [1.29, 1.82) is 0 Å². The van der Waals surface area contributed by atoms with Gasteiger partial charge in [0, 0.05) is 31.7 Å². The topological polar surface area (TPSA) is 54.0 Å². The van der Waals surface area contributed by atoms with Crippen molar-refractivity contribution in [3.63, 3.8) is 0 Å². The number of hydrogen-bond donors (Lipinski definition) is 1. The third kappa shape index (κ3) is 5.72. The molecule has 0 aromatic heterocycles. The second-order valence-electron chi connectivity index (χ2n) is 9.49. The Balaban J connectivity index is 1.36.